The highest BCUT2D eigenvalue weighted by Gasteiger charge is 2.06. The minimum atomic E-state index is -0.965. The van der Waals surface area contributed by atoms with Gasteiger partial charge in [0.1, 0.15) is 5.69 Å². The summed E-state index contributed by atoms with van der Waals surface area (Å²) >= 11 is 5.75. The molecule has 7 heteroatoms. The molecule has 0 saturated heterocycles. The van der Waals surface area contributed by atoms with Crippen LogP contribution in [-0.2, 0) is 0 Å². The van der Waals surface area contributed by atoms with E-state index in [2.05, 4.69) is 16.0 Å². The van der Waals surface area contributed by atoms with Crippen LogP contribution in [0.5, 0.6) is 0 Å². The third kappa shape index (κ3) is 3.67. The average molecular weight is 270 g/mol. The molecule has 0 unspecified atom stereocenters. The summed E-state index contributed by atoms with van der Waals surface area (Å²) in [6, 6.07) is 6.25. The lowest BCUT2D eigenvalue weighted by Gasteiger charge is -1.88. The van der Waals surface area contributed by atoms with Crippen LogP contribution >= 0.6 is 11.6 Å². The summed E-state index contributed by atoms with van der Waals surface area (Å²) < 4.78 is 0. The first-order valence-electron chi connectivity index (χ1n) is 4.92. The molecule has 0 spiro atoms. The fourth-order valence-corrected chi connectivity index (χ4v) is 1.40. The van der Waals surface area contributed by atoms with Crippen LogP contribution in [0.1, 0.15) is 10.5 Å². The number of carbonyl (C=O) groups excluding carboxylic acids is 1. The van der Waals surface area contributed by atoms with Crippen molar-refractivity contribution in [2.24, 2.45) is 5.73 Å². The maximum Gasteiger partial charge on any atom is 0.352 e. The number of halogens is 1. The molecule has 0 fully saturated rings. The zero-order valence-electron chi connectivity index (χ0n) is 9.53. The van der Waals surface area contributed by atoms with E-state index >= 15 is 0 Å². The summed E-state index contributed by atoms with van der Waals surface area (Å²) in [5, 5.41) is 12.3. The van der Waals surface area contributed by atoms with Crippen molar-refractivity contribution < 1.29 is 14.7 Å². The number of aromatic nitrogens is 1. The van der Waals surface area contributed by atoms with Crippen LogP contribution < -0.4 is 11.1 Å². The van der Waals surface area contributed by atoms with Crippen molar-refractivity contribution in [2.45, 2.75) is 0 Å². The monoisotopic (exact) mass is 269 g/mol. The SMILES string of the molecule is CNC(N)=O.O=C(O)c1cc2cc(Cl)ccc2[nH]1. The van der Waals surface area contributed by atoms with Gasteiger partial charge in [0.15, 0.2) is 0 Å². The average Bonchev–Trinajstić information content (AvgIpc) is 2.72. The molecule has 96 valence electrons. The quantitative estimate of drug-likeness (QED) is 0.634. The number of aromatic carboxylic acids is 1. The predicted molar refractivity (Wildman–Crippen MR) is 68.9 cm³/mol. The van der Waals surface area contributed by atoms with E-state index in [9.17, 15) is 9.59 Å². The maximum atomic E-state index is 10.6. The molecule has 0 aliphatic carbocycles. The second kappa shape index (κ2) is 5.92. The zero-order chi connectivity index (χ0) is 13.7. The Kier molecular flexibility index (Phi) is 4.56. The van der Waals surface area contributed by atoms with E-state index < -0.39 is 12.0 Å². The molecule has 1 aromatic carbocycles. The first-order chi connectivity index (χ1) is 8.43. The molecule has 0 aliphatic rings. The van der Waals surface area contributed by atoms with Gasteiger partial charge in [-0.3, -0.25) is 0 Å². The molecule has 1 aromatic heterocycles. The highest BCUT2D eigenvalue weighted by Crippen LogP contribution is 2.19. The van der Waals surface area contributed by atoms with Gasteiger partial charge in [0.2, 0.25) is 0 Å². The number of urea groups is 1. The molecule has 0 saturated carbocycles. The molecule has 2 aromatic rings. The Labute approximate surface area is 108 Å². The lowest BCUT2D eigenvalue weighted by atomic mass is 10.2. The summed E-state index contributed by atoms with van der Waals surface area (Å²) in [5.41, 5.74) is 5.50. The Morgan fingerprint density at radius 3 is 2.50 bits per heavy atom. The van der Waals surface area contributed by atoms with Crippen molar-refractivity contribution in [2.75, 3.05) is 7.05 Å². The number of benzene rings is 1. The van der Waals surface area contributed by atoms with E-state index in [1.54, 1.807) is 24.3 Å². The maximum absolute atomic E-state index is 10.6. The van der Waals surface area contributed by atoms with Gasteiger partial charge in [0, 0.05) is 23.0 Å². The Balaban J connectivity index is 0.000000280. The zero-order valence-corrected chi connectivity index (χ0v) is 10.3. The van der Waals surface area contributed by atoms with Crippen LogP contribution in [0.25, 0.3) is 10.9 Å². The molecular formula is C11H12ClN3O3. The lowest BCUT2D eigenvalue weighted by Crippen LogP contribution is -2.24. The third-order valence-corrected chi connectivity index (χ3v) is 2.29. The summed E-state index contributed by atoms with van der Waals surface area (Å²) in [5.74, 6) is -0.965. The van der Waals surface area contributed by atoms with Crippen LogP contribution in [0.15, 0.2) is 24.3 Å². The number of nitrogens with two attached hydrogens (primary N) is 1. The first-order valence-corrected chi connectivity index (χ1v) is 5.30. The minimum absolute atomic E-state index is 0.178. The Morgan fingerprint density at radius 2 is 2.00 bits per heavy atom. The second-order valence-corrected chi connectivity index (χ2v) is 3.77. The molecule has 0 bridgehead atoms. The van der Waals surface area contributed by atoms with E-state index in [-0.39, 0.29) is 5.69 Å². The van der Waals surface area contributed by atoms with Crippen LogP contribution in [0, 0.1) is 0 Å². The van der Waals surface area contributed by atoms with Gasteiger partial charge in [0.05, 0.1) is 0 Å². The Bertz CT molecular complexity index is 580. The summed E-state index contributed by atoms with van der Waals surface area (Å²) in [6.07, 6.45) is 0. The number of carbonyl (C=O) groups is 2. The van der Waals surface area contributed by atoms with Gasteiger partial charge >= 0.3 is 12.0 Å². The van der Waals surface area contributed by atoms with Crippen LogP contribution in [0.4, 0.5) is 4.79 Å². The normalized spacial score (nSPS) is 9.44. The molecular weight excluding hydrogens is 258 g/mol. The van der Waals surface area contributed by atoms with Crippen molar-refractivity contribution in [3.8, 4) is 0 Å². The van der Waals surface area contributed by atoms with Crippen molar-refractivity contribution in [1.29, 1.82) is 0 Å². The Morgan fingerprint density at radius 1 is 1.39 bits per heavy atom. The van der Waals surface area contributed by atoms with Gasteiger partial charge in [-0.05, 0) is 24.3 Å². The van der Waals surface area contributed by atoms with Crippen LogP contribution in [0.3, 0.4) is 0 Å². The fraction of sp³-hybridized carbons (Fsp3) is 0.0909. The van der Waals surface area contributed by atoms with Gasteiger partial charge in [-0.25, -0.2) is 9.59 Å². The molecule has 0 aliphatic heterocycles. The Hall–Kier alpha value is -2.21. The highest BCUT2D eigenvalue weighted by atomic mass is 35.5. The summed E-state index contributed by atoms with van der Waals surface area (Å²) in [4.78, 5) is 22.8. The second-order valence-electron chi connectivity index (χ2n) is 3.33. The number of nitrogens with one attached hydrogen (secondary N) is 2. The summed E-state index contributed by atoms with van der Waals surface area (Å²) in [6.45, 7) is 0. The molecule has 0 atom stereocenters. The van der Waals surface area contributed by atoms with E-state index in [1.165, 1.54) is 7.05 Å². The number of aromatic amines is 1. The van der Waals surface area contributed by atoms with Gasteiger partial charge in [-0.15, -0.1) is 0 Å². The number of fused-ring (bicyclic) bond motifs is 1. The first kappa shape index (κ1) is 13.9. The van der Waals surface area contributed by atoms with Gasteiger partial charge in [0.25, 0.3) is 0 Å². The van der Waals surface area contributed by atoms with Crippen molar-refractivity contribution in [3.05, 3.63) is 35.0 Å². The van der Waals surface area contributed by atoms with Crippen molar-refractivity contribution in [1.82, 2.24) is 10.3 Å². The number of hydrogen-bond donors (Lipinski definition) is 4. The van der Waals surface area contributed by atoms with Gasteiger partial charge in [-0.1, -0.05) is 11.6 Å². The number of carboxylic acid groups (broad SMARTS) is 1. The topological polar surface area (TPSA) is 108 Å². The number of carboxylic acids is 1. The largest absolute Gasteiger partial charge is 0.477 e. The van der Waals surface area contributed by atoms with E-state index in [4.69, 9.17) is 16.7 Å². The third-order valence-electron chi connectivity index (χ3n) is 2.06. The molecule has 18 heavy (non-hydrogen) atoms. The predicted octanol–water partition coefficient (Wildman–Crippen LogP) is 1.80. The molecule has 1 heterocycles. The smallest absolute Gasteiger partial charge is 0.352 e. The number of amides is 2. The van der Waals surface area contributed by atoms with E-state index in [0.29, 0.717) is 5.02 Å². The van der Waals surface area contributed by atoms with Crippen LogP contribution in [0.2, 0.25) is 5.02 Å². The number of H-pyrrole nitrogens is 1. The van der Waals surface area contributed by atoms with E-state index in [0.717, 1.165) is 10.9 Å². The molecule has 5 N–H and O–H groups in total. The summed E-state index contributed by atoms with van der Waals surface area (Å²) in [7, 11) is 1.47. The molecule has 2 rings (SSSR count). The standard InChI is InChI=1S/C9H6ClNO2.C2H6N2O/c10-6-1-2-7-5(3-6)4-8(11-7)9(12)13;1-4-2(3)5/h1-4,11H,(H,12,13);1H3,(H3,3,4,5). The number of rotatable bonds is 1. The fourth-order valence-electron chi connectivity index (χ4n) is 1.22. The minimum Gasteiger partial charge on any atom is -0.477 e. The van der Waals surface area contributed by atoms with Crippen LogP contribution in [-0.4, -0.2) is 29.1 Å². The van der Waals surface area contributed by atoms with E-state index in [1.807, 2.05) is 0 Å². The number of primary amides is 1. The lowest BCUT2D eigenvalue weighted by molar-refractivity contribution is 0.0691. The van der Waals surface area contributed by atoms with Gasteiger partial charge < -0.3 is 21.1 Å². The molecule has 2 amide bonds. The van der Waals surface area contributed by atoms with Crippen molar-refractivity contribution >= 4 is 34.5 Å². The molecule has 0 radical (unpaired) electrons. The number of hydrogen-bond acceptors (Lipinski definition) is 2. The molecule has 6 nitrogen and oxygen atoms in total. The highest BCUT2D eigenvalue weighted by molar-refractivity contribution is 6.31. The van der Waals surface area contributed by atoms with Crippen molar-refractivity contribution in [3.63, 3.8) is 0 Å². The van der Waals surface area contributed by atoms with Gasteiger partial charge in [-0.2, -0.15) is 0 Å².